The Balaban J connectivity index is 0.000000582. The fraction of sp³-hybridized carbons (Fsp3) is 0.902. The maximum absolute atomic E-state index is 6.07. The van der Waals surface area contributed by atoms with Gasteiger partial charge in [-0.1, -0.05) is 20.6 Å². The molecule has 4 aliphatic heterocycles. The summed E-state index contributed by atoms with van der Waals surface area (Å²) in [6.07, 6.45) is 3.37. The van der Waals surface area contributed by atoms with Gasteiger partial charge in [-0.3, -0.25) is 0 Å². The molecule has 0 aromatic rings. The van der Waals surface area contributed by atoms with Crippen molar-refractivity contribution in [1.82, 2.24) is 0 Å². The molecule has 0 aromatic heterocycles. The summed E-state index contributed by atoms with van der Waals surface area (Å²) < 4.78 is 97.4. The number of hydrogen-bond donors (Lipinski definition) is 0. The Morgan fingerprint density at radius 3 is 0.902 bits per heavy atom. The van der Waals surface area contributed by atoms with E-state index in [-0.39, 0.29) is 43.4 Å². The maximum atomic E-state index is 6.07. The fourth-order valence-corrected chi connectivity index (χ4v) is 12.8. The summed E-state index contributed by atoms with van der Waals surface area (Å²) >= 11 is 0. The average molecular weight is 933 g/mol. The standard InChI is InChI=1S/C23H48O10Si2.C11H16O4.C6H16O3Si.CH4/c1-7-28-34(29-8-2,30-9-3)15-13-21-24-17-23(18-25-21)19-26-22(27-20-23)14-16-35(31-10-4,32-11-5)33-12-6;1-3-9-12-5-11(6-13-9)7-14-10(4-2)15-8-11;1-4-7-10(8-5-2)9-6-3;/h21-22H,7-20H2,1-6H3;3-4,9-10H,1-2,5-8H2;10H,4-6H2,1-3H3;1H4. The van der Waals surface area contributed by atoms with Crippen molar-refractivity contribution in [3.63, 3.8) is 0 Å². The van der Waals surface area contributed by atoms with Gasteiger partial charge >= 0.3 is 27.1 Å². The zero-order chi connectivity index (χ0) is 44.2. The second-order valence-electron chi connectivity index (χ2n) is 14.3. The quantitative estimate of drug-likeness (QED) is 0.0720. The van der Waals surface area contributed by atoms with Crippen molar-refractivity contribution in [1.29, 1.82) is 0 Å². The Morgan fingerprint density at radius 2 is 0.689 bits per heavy atom. The summed E-state index contributed by atoms with van der Waals surface area (Å²) in [5, 5.41) is 0. The van der Waals surface area contributed by atoms with Crippen molar-refractivity contribution in [2.24, 2.45) is 10.8 Å². The average Bonchev–Trinajstić information content (AvgIpc) is 3.25. The van der Waals surface area contributed by atoms with Crippen molar-refractivity contribution < 1.29 is 77.7 Å². The van der Waals surface area contributed by atoms with Crippen LogP contribution in [0.25, 0.3) is 0 Å². The predicted molar refractivity (Wildman–Crippen MR) is 237 cm³/mol. The van der Waals surface area contributed by atoms with Crippen molar-refractivity contribution in [2.75, 3.05) is 112 Å². The van der Waals surface area contributed by atoms with E-state index in [9.17, 15) is 0 Å². The summed E-state index contributed by atoms with van der Waals surface area (Å²) in [5.74, 6) is 0. The minimum absolute atomic E-state index is 0. The summed E-state index contributed by atoms with van der Waals surface area (Å²) in [6, 6.07) is 1.31. The van der Waals surface area contributed by atoms with Crippen LogP contribution in [0.1, 0.15) is 82.6 Å². The Kier molecular flexibility index (Phi) is 31.6. The number of rotatable bonds is 26. The summed E-state index contributed by atoms with van der Waals surface area (Å²) in [4.78, 5) is 0. The zero-order valence-electron chi connectivity index (χ0n) is 38.2. The fourth-order valence-electron chi connectivity index (χ4n) is 6.56. The van der Waals surface area contributed by atoms with Gasteiger partial charge in [0.2, 0.25) is 0 Å². The minimum Gasteiger partial charge on any atom is -0.376 e. The predicted octanol–water partition coefficient (Wildman–Crippen LogP) is 6.14. The van der Waals surface area contributed by atoms with E-state index in [2.05, 4.69) is 13.2 Å². The van der Waals surface area contributed by atoms with Crippen molar-refractivity contribution in [3.8, 4) is 0 Å². The van der Waals surface area contributed by atoms with E-state index in [4.69, 9.17) is 77.7 Å². The topological polar surface area (TPSA) is 157 Å². The Bertz CT molecular complexity index is 953. The molecule has 362 valence electrons. The van der Waals surface area contributed by atoms with Crippen LogP contribution in [0, 0.1) is 10.8 Å². The van der Waals surface area contributed by atoms with Gasteiger partial charge in [-0.15, -0.1) is 0 Å². The lowest BCUT2D eigenvalue weighted by atomic mass is 9.90. The normalized spacial score (nSPS) is 26.8. The third kappa shape index (κ3) is 21.1. The third-order valence-corrected chi connectivity index (χ3v) is 17.4. The van der Waals surface area contributed by atoms with Gasteiger partial charge < -0.3 is 77.7 Å². The van der Waals surface area contributed by atoms with Crippen LogP contribution in [0.15, 0.2) is 25.3 Å². The SMILES string of the molecule is C.C=CC1OCC2(CO1)COC(C=C)OC2.CCO[SiH](OCC)OCC.CCO[Si](CCC1OCC2(CO1)COC(CC[Si](OCC)(OCC)OCC)OC2)(OCC)OCC. The van der Waals surface area contributed by atoms with Crippen LogP contribution in [0.5, 0.6) is 0 Å². The van der Waals surface area contributed by atoms with Crippen LogP contribution >= 0.6 is 0 Å². The van der Waals surface area contributed by atoms with E-state index >= 15 is 0 Å². The molecular weight excluding hydrogens is 849 g/mol. The first-order valence-corrected chi connectivity index (χ1v) is 27.2. The number of ether oxygens (including phenoxy) is 8. The lowest BCUT2D eigenvalue weighted by Crippen LogP contribution is -2.53. The molecule has 0 aromatic carbocycles. The monoisotopic (exact) mass is 933 g/mol. The first-order chi connectivity index (χ1) is 29.1. The van der Waals surface area contributed by atoms with Gasteiger partial charge in [0.1, 0.15) is 0 Å². The van der Waals surface area contributed by atoms with Crippen LogP contribution in [-0.4, -0.2) is 165 Å². The molecule has 0 radical (unpaired) electrons. The molecule has 4 rings (SSSR count). The highest BCUT2D eigenvalue weighted by atomic mass is 28.4. The largest absolute Gasteiger partial charge is 0.501 e. The summed E-state index contributed by atoms with van der Waals surface area (Å²) in [6.45, 7) is 34.6. The first kappa shape index (κ1) is 58.5. The smallest absolute Gasteiger partial charge is 0.376 e. The van der Waals surface area contributed by atoms with E-state index in [0.29, 0.717) is 137 Å². The van der Waals surface area contributed by atoms with Crippen LogP contribution < -0.4 is 0 Å². The molecule has 0 atom stereocenters. The highest BCUT2D eigenvalue weighted by molar-refractivity contribution is 6.61. The van der Waals surface area contributed by atoms with Gasteiger partial charge in [-0.25, -0.2) is 0 Å². The van der Waals surface area contributed by atoms with Gasteiger partial charge in [0, 0.05) is 84.4 Å². The van der Waals surface area contributed by atoms with E-state index < -0.39 is 27.1 Å². The molecule has 2 spiro atoms. The molecule has 0 amide bonds. The van der Waals surface area contributed by atoms with Crippen molar-refractivity contribution >= 4 is 27.1 Å². The lowest BCUT2D eigenvalue weighted by Gasteiger charge is -2.44. The molecule has 0 bridgehead atoms. The molecule has 61 heavy (non-hydrogen) atoms. The first-order valence-electron chi connectivity index (χ1n) is 21.9. The van der Waals surface area contributed by atoms with Crippen LogP contribution in [-0.2, 0) is 77.7 Å². The van der Waals surface area contributed by atoms with Crippen LogP contribution in [0.3, 0.4) is 0 Å². The molecule has 4 fully saturated rings. The molecule has 0 N–H and O–H groups in total. The molecule has 0 unspecified atom stereocenters. The summed E-state index contributed by atoms with van der Waals surface area (Å²) in [5.41, 5.74) is -0.464. The molecule has 20 heteroatoms. The molecule has 17 nitrogen and oxygen atoms in total. The highest BCUT2D eigenvalue weighted by Gasteiger charge is 2.47. The second-order valence-corrected chi connectivity index (χ2v) is 21.3. The van der Waals surface area contributed by atoms with E-state index in [0.717, 1.165) is 0 Å². The van der Waals surface area contributed by atoms with E-state index in [1.165, 1.54) is 0 Å². The van der Waals surface area contributed by atoms with Gasteiger partial charge in [-0.2, -0.15) is 0 Å². The van der Waals surface area contributed by atoms with Crippen molar-refractivity contribution in [2.45, 2.75) is 120 Å². The highest BCUT2D eigenvalue weighted by Crippen LogP contribution is 2.34. The van der Waals surface area contributed by atoms with E-state index in [1.807, 2.05) is 62.3 Å². The molecule has 0 aliphatic carbocycles. The molecule has 4 saturated heterocycles. The molecule has 4 aliphatic rings. The van der Waals surface area contributed by atoms with Gasteiger partial charge in [0.05, 0.1) is 63.7 Å². The molecule has 4 heterocycles. The lowest BCUT2D eigenvalue weighted by molar-refractivity contribution is -0.303. The molecule has 0 saturated carbocycles. The van der Waals surface area contributed by atoms with Gasteiger partial charge in [0.15, 0.2) is 25.2 Å². The minimum atomic E-state index is -2.72. The second kappa shape index (κ2) is 33.0. The van der Waals surface area contributed by atoms with Crippen LogP contribution in [0.2, 0.25) is 12.1 Å². The van der Waals surface area contributed by atoms with E-state index in [1.54, 1.807) is 12.2 Å². The maximum Gasteiger partial charge on any atom is 0.501 e. The molecular formula is C41H84O17Si3. The van der Waals surface area contributed by atoms with Gasteiger partial charge in [0.25, 0.3) is 0 Å². The van der Waals surface area contributed by atoms with Gasteiger partial charge in [-0.05, 0) is 74.5 Å². The van der Waals surface area contributed by atoms with Crippen molar-refractivity contribution in [3.05, 3.63) is 25.3 Å². The Labute approximate surface area is 372 Å². The van der Waals surface area contributed by atoms with Crippen LogP contribution in [0.4, 0.5) is 0 Å². The third-order valence-electron chi connectivity index (χ3n) is 9.37. The summed E-state index contributed by atoms with van der Waals surface area (Å²) in [7, 11) is -7.17. The zero-order valence-corrected chi connectivity index (χ0v) is 41.4. The Morgan fingerprint density at radius 1 is 0.443 bits per heavy atom. The number of hydrogen-bond acceptors (Lipinski definition) is 17. The Hall–Kier alpha value is -0.549.